The Morgan fingerprint density at radius 3 is 2.76 bits per heavy atom. The van der Waals surface area contributed by atoms with Crippen LogP contribution in [0.25, 0.3) is 10.9 Å². The number of likely N-dealkylation sites (tertiary alicyclic amines) is 1. The number of rotatable bonds is 2. The van der Waals surface area contributed by atoms with E-state index in [1.807, 2.05) is 30.0 Å². The van der Waals surface area contributed by atoms with E-state index in [2.05, 4.69) is 42.2 Å². The molecule has 0 aliphatic carbocycles. The van der Waals surface area contributed by atoms with Gasteiger partial charge in [0, 0.05) is 11.9 Å². The minimum absolute atomic E-state index is 0.0255. The zero-order valence-electron chi connectivity index (χ0n) is 15.0. The molecule has 0 unspecified atom stereocenters. The molecule has 1 saturated heterocycles. The molecule has 3 aromatic rings. The summed E-state index contributed by atoms with van der Waals surface area (Å²) in [5.41, 5.74) is 6.37. The van der Waals surface area contributed by atoms with Crippen LogP contribution >= 0.6 is 0 Å². The molecule has 0 saturated carbocycles. The van der Waals surface area contributed by atoms with E-state index < -0.39 is 0 Å². The van der Waals surface area contributed by atoms with Gasteiger partial charge in [0.1, 0.15) is 0 Å². The fourth-order valence-electron chi connectivity index (χ4n) is 3.76. The monoisotopic (exact) mass is 333 g/mol. The van der Waals surface area contributed by atoms with Crippen molar-refractivity contribution in [3.05, 3.63) is 64.3 Å². The lowest BCUT2D eigenvalue weighted by atomic mass is 9.99. The van der Waals surface area contributed by atoms with E-state index in [1.54, 1.807) is 0 Å². The van der Waals surface area contributed by atoms with Crippen LogP contribution in [-0.2, 0) is 0 Å². The number of H-pyrrole nitrogens is 1. The van der Waals surface area contributed by atoms with Crippen LogP contribution in [0.2, 0.25) is 0 Å². The summed E-state index contributed by atoms with van der Waals surface area (Å²) >= 11 is 0. The van der Waals surface area contributed by atoms with Crippen molar-refractivity contribution >= 4 is 16.8 Å². The van der Waals surface area contributed by atoms with Crippen LogP contribution in [0.15, 0.2) is 36.4 Å². The largest absolute Gasteiger partial charge is 0.330 e. The molecule has 2 aromatic carbocycles. The molecule has 128 valence electrons. The highest BCUT2D eigenvalue weighted by molar-refractivity contribution is 6.05. The molecule has 0 bridgehead atoms. The van der Waals surface area contributed by atoms with Crippen molar-refractivity contribution in [2.45, 2.75) is 39.7 Å². The Kier molecular flexibility index (Phi) is 3.83. The van der Waals surface area contributed by atoms with Crippen molar-refractivity contribution in [2.75, 3.05) is 6.54 Å². The van der Waals surface area contributed by atoms with Crippen LogP contribution in [0.4, 0.5) is 0 Å². The van der Waals surface area contributed by atoms with Crippen molar-refractivity contribution in [3.63, 3.8) is 0 Å². The van der Waals surface area contributed by atoms with Gasteiger partial charge in [0.15, 0.2) is 5.69 Å². The number of fused-ring (bicyclic) bond motifs is 1. The van der Waals surface area contributed by atoms with E-state index in [9.17, 15) is 4.79 Å². The molecule has 4 heteroatoms. The average Bonchev–Trinajstić information content (AvgIpc) is 3.23. The van der Waals surface area contributed by atoms with Gasteiger partial charge in [0.25, 0.3) is 5.91 Å². The summed E-state index contributed by atoms with van der Waals surface area (Å²) in [7, 11) is 0. The Bertz CT molecular complexity index is 957. The number of amides is 1. The van der Waals surface area contributed by atoms with Gasteiger partial charge >= 0.3 is 0 Å². The highest BCUT2D eigenvalue weighted by atomic mass is 16.2. The molecule has 1 fully saturated rings. The van der Waals surface area contributed by atoms with Gasteiger partial charge in [-0.1, -0.05) is 29.8 Å². The molecular weight excluding hydrogens is 310 g/mol. The third-order valence-corrected chi connectivity index (χ3v) is 5.35. The van der Waals surface area contributed by atoms with Crippen LogP contribution in [0.1, 0.15) is 51.6 Å². The third kappa shape index (κ3) is 2.72. The summed E-state index contributed by atoms with van der Waals surface area (Å²) in [6, 6.07) is 12.7. The van der Waals surface area contributed by atoms with Gasteiger partial charge < -0.3 is 4.90 Å². The van der Waals surface area contributed by atoms with Crippen LogP contribution in [0.3, 0.4) is 0 Å². The number of aromatic nitrogens is 2. The first kappa shape index (κ1) is 15.9. The van der Waals surface area contributed by atoms with Crippen LogP contribution in [-0.4, -0.2) is 27.5 Å². The molecule has 2 heterocycles. The number of hydrogen-bond donors (Lipinski definition) is 1. The lowest BCUT2D eigenvalue weighted by Crippen LogP contribution is -2.31. The summed E-state index contributed by atoms with van der Waals surface area (Å²) in [6.45, 7) is 7.07. The van der Waals surface area contributed by atoms with Gasteiger partial charge in [-0.15, -0.1) is 0 Å². The Morgan fingerprint density at radius 1 is 1.12 bits per heavy atom. The summed E-state index contributed by atoms with van der Waals surface area (Å²) < 4.78 is 0. The van der Waals surface area contributed by atoms with Crippen LogP contribution in [0.5, 0.6) is 0 Å². The molecule has 1 aromatic heterocycles. The number of carbonyl (C=O) groups is 1. The molecule has 4 nitrogen and oxygen atoms in total. The molecule has 1 atom stereocenters. The standard InChI is InChI=1S/C21H23N3O/c1-13-6-9-18-17(11-13)20(23-22-18)21(25)24-10-4-5-19(24)16-8-7-14(2)15(3)12-16/h6-9,11-12,19H,4-5,10H2,1-3H3,(H,22,23)/t19-/m1/s1. The molecule has 0 radical (unpaired) electrons. The van der Waals surface area contributed by atoms with E-state index >= 15 is 0 Å². The smallest absolute Gasteiger partial charge is 0.275 e. The predicted molar refractivity (Wildman–Crippen MR) is 99.8 cm³/mol. The second kappa shape index (κ2) is 6.03. The van der Waals surface area contributed by atoms with Crippen molar-refractivity contribution in [1.29, 1.82) is 0 Å². The third-order valence-electron chi connectivity index (χ3n) is 5.35. The number of nitrogens with zero attached hydrogens (tertiary/aromatic N) is 2. The minimum atomic E-state index is 0.0255. The quantitative estimate of drug-likeness (QED) is 0.752. The lowest BCUT2D eigenvalue weighted by Gasteiger charge is -2.25. The number of nitrogens with one attached hydrogen (secondary N) is 1. The number of hydrogen-bond acceptors (Lipinski definition) is 2. The Hall–Kier alpha value is -2.62. The predicted octanol–water partition coefficient (Wildman–Crippen LogP) is 4.47. The summed E-state index contributed by atoms with van der Waals surface area (Å²) in [5.74, 6) is 0.0255. The first-order valence-corrected chi connectivity index (χ1v) is 8.87. The number of benzene rings is 2. The first-order valence-electron chi connectivity index (χ1n) is 8.87. The maximum absolute atomic E-state index is 13.2. The number of carbonyl (C=O) groups excluding carboxylic acids is 1. The normalized spacial score (nSPS) is 17.4. The van der Waals surface area contributed by atoms with Crippen molar-refractivity contribution in [1.82, 2.24) is 15.1 Å². The topological polar surface area (TPSA) is 49.0 Å². The first-order chi connectivity index (χ1) is 12.0. The Morgan fingerprint density at radius 2 is 1.96 bits per heavy atom. The van der Waals surface area contributed by atoms with E-state index in [-0.39, 0.29) is 11.9 Å². The fourth-order valence-corrected chi connectivity index (χ4v) is 3.76. The van der Waals surface area contributed by atoms with Gasteiger partial charge in [0.05, 0.1) is 11.6 Å². The van der Waals surface area contributed by atoms with Crippen LogP contribution in [0, 0.1) is 20.8 Å². The number of aryl methyl sites for hydroxylation is 3. The summed E-state index contributed by atoms with van der Waals surface area (Å²) in [4.78, 5) is 15.2. The molecule has 0 spiro atoms. The van der Waals surface area contributed by atoms with Crippen molar-refractivity contribution < 1.29 is 4.79 Å². The maximum atomic E-state index is 13.2. The lowest BCUT2D eigenvalue weighted by molar-refractivity contribution is 0.0731. The average molecular weight is 333 g/mol. The number of aromatic amines is 1. The van der Waals surface area contributed by atoms with Gasteiger partial charge in [-0.25, -0.2) is 0 Å². The van der Waals surface area contributed by atoms with Crippen molar-refractivity contribution in [3.8, 4) is 0 Å². The van der Waals surface area contributed by atoms with Gasteiger partial charge in [0.2, 0.25) is 0 Å². The highest BCUT2D eigenvalue weighted by Crippen LogP contribution is 2.34. The molecule has 1 amide bonds. The molecular formula is C21H23N3O. The maximum Gasteiger partial charge on any atom is 0.275 e. The van der Waals surface area contributed by atoms with Gasteiger partial charge in [-0.3, -0.25) is 9.89 Å². The van der Waals surface area contributed by atoms with Gasteiger partial charge in [-0.05, 0) is 62.4 Å². The highest BCUT2D eigenvalue weighted by Gasteiger charge is 2.32. The SMILES string of the molecule is Cc1ccc2[nH]nc(C(=O)N3CCC[C@@H]3c3ccc(C)c(C)c3)c2c1. The second-order valence-electron chi connectivity index (χ2n) is 7.12. The fraction of sp³-hybridized carbons (Fsp3) is 0.333. The second-order valence-corrected chi connectivity index (χ2v) is 7.12. The van der Waals surface area contributed by atoms with E-state index in [0.717, 1.165) is 35.9 Å². The molecule has 25 heavy (non-hydrogen) atoms. The minimum Gasteiger partial charge on any atom is -0.330 e. The van der Waals surface area contributed by atoms with E-state index in [1.165, 1.54) is 16.7 Å². The zero-order chi connectivity index (χ0) is 17.6. The zero-order valence-corrected chi connectivity index (χ0v) is 15.0. The van der Waals surface area contributed by atoms with Crippen molar-refractivity contribution in [2.24, 2.45) is 0 Å². The molecule has 1 aliphatic rings. The molecule has 1 aliphatic heterocycles. The van der Waals surface area contributed by atoms with E-state index in [4.69, 9.17) is 0 Å². The Balaban J connectivity index is 1.70. The van der Waals surface area contributed by atoms with Crippen LogP contribution < -0.4 is 0 Å². The summed E-state index contributed by atoms with van der Waals surface area (Å²) in [6.07, 6.45) is 2.04. The van der Waals surface area contributed by atoms with E-state index in [0.29, 0.717) is 5.69 Å². The van der Waals surface area contributed by atoms with Gasteiger partial charge in [-0.2, -0.15) is 5.10 Å². The molecule has 4 rings (SSSR count). The summed E-state index contributed by atoms with van der Waals surface area (Å²) in [5, 5.41) is 8.23. The molecule has 1 N–H and O–H groups in total. The Labute approximate surface area is 147 Å².